The van der Waals surface area contributed by atoms with E-state index in [9.17, 15) is 18.4 Å². The van der Waals surface area contributed by atoms with Crippen LogP contribution in [-0.2, 0) is 11.6 Å². The maximum Gasteiger partial charge on any atom is 0.434 e. The van der Waals surface area contributed by atoms with Gasteiger partial charge in [0.1, 0.15) is 5.69 Å². The van der Waals surface area contributed by atoms with Crippen LogP contribution in [0.5, 0.6) is 0 Å². The summed E-state index contributed by atoms with van der Waals surface area (Å²) < 4.78 is 38.6. The zero-order valence-electron chi connectivity index (χ0n) is 14.6. The fourth-order valence-corrected chi connectivity index (χ4v) is 2.62. The zero-order valence-corrected chi connectivity index (χ0v) is 14.6. The molecule has 0 spiro atoms. The first-order chi connectivity index (χ1) is 13.8. The molecule has 3 N–H and O–H groups in total. The first-order valence-electron chi connectivity index (χ1n) is 8.35. The molecule has 3 aromatic heterocycles. The Labute approximate surface area is 161 Å². The second-order valence-corrected chi connectivity index (χ2v) is 6.38. The molecule has 0 saturated heterocycles. The van der Waals surface area contributed by atoms with Gasteiger partial charge >= 0.3 is 6.18 Å². The Kier molecular flexibility index (Phi) is 4.22. The van der Waals surface area contributed by atoms with Gasteiger partial charge in [-0.2, -0.15) is 33.4 Å². The van der Waals surface area contributed by atoms with Gasteiger partial charge in [-0.05, 0) is 25.0 Å². The summed E-state index contributed by atoms with van der Waals surface area (Å²) >= 11 is 0. The third kappa shape index (κ3) is 3.75. The summed E-state index contributed by atoms with van der Waals surface area (Å²) in [5.74, 6) is -0.365. The van der Waals surface area contributed by atoms with Crippen molar-refractivity contribution in [1.29, 1.82) is 5.26 Å². The van der Waals surface area contributed by atoms with Gasteiger partial charge in [-0.15, -0.1) is 0 Å². The number of hydrogen-bond donors (Lipinski definition) is 2. The van der Waals surface area contributed by atoms with E-state index in [1.807, 2.05) is 0 Å². The summed E-state index contributed by atoms with van der Waals surface area (Å²) in [6, 6.07) is 5.59. The van der Waals surface area contributed by atoms with Gasteiger partial charge in [-0.1, -0.05) is 0 Å². The summed E-state index contributed by atoms with van der Waals surface area (Å²) in [5.41, 5.74) is 4.90. The number of nitrogens with one attached hydrogen (secondary N) is 1. The molecule has 0 amide bonds. The van der Waals surface area contributed by atoms with Crippen LogP contribution in [0.3, 0.4) is 0 Å². The van der Waals surface area contributed by atoms with Crippen LogP contribution in [0.4, 0.5) is 30.8 Å². The van der Waals surface area contributed by atoms with Crippen LogP contribution in [0.1, 0.15) is 24.2 Å². The minimum Gasteiger partial charge on any atom is -0.368 e. The SMILES string of the molecule is N#CC1(c2cc(Nc3nc(N)nc(-c4cncc(C(F)(F)F)n4)n3)ccn2)CC1. The number of pyridine rings is 1. The van der Waals surface area contributed by atoms with Gasteiger partial charge in [-0.25, -0.2) is 4.98 Å². The van der Waals surface area contributed by atoms with Crippen LogP contribution in [0.2, 0.25) is 0 Å². The molecular weight excluding hydrogens is 387 g/mol. The molecule has 0 aromatic carbocycles. The number of alkyl halides is 3. The van der Waals surface area contributed by atoms with Gasteiger partial charge in [0.2, 0.25) is 11.9 Å². The lowest BCUT2D eigenvalue weighted by Gasteiger charge is -2.10. The van der Waals surface area contributed by atoms with E-state index in [0.717, 1.165) is 19.0 Å². The molecule has 0 bridgehead atoms. The number of nitrogens with zero attached hydrogens (tertiary/aromatic N) is 7. The predicted molar refractivity (Wildman–Crippen MR) is 94.3 cm³/mol. The minimum atomic E-state index is -4.66. The summed E-state index contributed by atoms with van der Waals surface area (Å²) in [6.07, 6.45) is 0.0548. The smallest absolute Gasteiger partial charge is 0.368 e. The number of rotatable bonds is 4. The van der Waals surface area contributed by atoms with Crippen molar-refractivity contribution in [2.75, 3.05) is 11.1 Å². The molecule has 9 nitrogen and oxygen atoms in total. The topological polar surface area (TPSA) is 139 Å². The molecule has 0 unspecified atom stereocenters. The van der Waals surface area contributed by atoms with E-state index >= 15 is 0 Å². The molecular formula is C17H12F3N9. The fraction of sp³-hybridized carbons (Fsp3) is 0.235. The molecule has 1 aliphatic carbocycles. The number of hydrogen-bond acceptors (Lipinski definition) is 9. The molecule has 3 heterocycles. The van der Waals surface area contributed by atoms with E-state index in [1.165, 1.54) is 0 Å². The van der Waals surface area contributed by atoms with Gasteiger partial charge < -0.3 is 11.1 Å². The maximum atomic E-state index is 12.9. The number of halogens is 3. The summed E-state index contributed by atoms with van der Waals surface area (Å²) in [5, 5.41) is 12.2. The number of anilines is 3. The van der Waals surface area contributed by atoms with E-state index in [1.54, 1.807) is 18.3 Å². The van der Waals surface area contributed by atoms with Crippen molar-refractivity contribution in [2.24, 2.45) is 0 Å². The van der Waals surface area contributed by atoms with Gasteiger partial charge in [-0.3, -0.25) is 9.97 Å². The Bertz CT molecular complexity index is 1120. The highest BCUT2D eigenvalue weighted by molar-refractivity contribution is 5.59. The minimum absolute atomic E-state index is 0.00525. The van der Waals surface area contributed by atoms with Crippen molar-refractivity contribution in [2.45, 2.75) is 24.4 Å². The van der Waals surface area contributed by atoms with Crippen LogP contribution in [-0.4, -0.2) is 29.9 Å². The average Bonchev–Trinajstić information content (AvgIpc) is 3.49. The monoisotopic (exact) mass is 399 g/mol. The Morgan fingerprint density at radius 1 is 1.14 bits per heavy atom. The second-order valence-electron chi connectivity index (χ2n) is 6.38. The summed E-state index contributed by atoms with van der Waals surface area (Å²) in [7, 11) is 0. The molecule has 12 heteroatoms. The number of nitrogen functional groups attached to an aromatic ring is 1. The van der Waals surface area contributed by atoms with E-state index in [4.69, 9.17) is 5.73 Å². The normalized spacial score (nSPS) is 14.8. The first-order valence-corrected chi connectivity index (χ1v) is 8.35. The summed E-state index contributed by atoms with van der Waals surface area (Å²) in [4.78, 5) is 23.1. The van der Waals surface area contributed by atoms with Crippen LogP contribution in [0, 0.1) is 11.3 Å². The van der Waals surface area contributed by atoms with E-state index < -0.39 is 17.3 Å². The van der Waals surface area contributed by atoms with Crippen LogP contribution in [0.15, 0.2) is 30.7 Å². The van der Waals surface area contributed by atoms with Crippen molar-refractivity contribution >= 4 is 17.6 Å². The third-order valence-corrected chi connectivity index (χ3v) is 4.28. The van der Waals surface area contributed by atoms with Gasteiger partial charge in [0.05, 0.1) is 29.6 Å². The van der Waals surface area contributed by atoms with Crippen LogP contribution in [0.25, 0.3) is 11.5 Å². The molecule has 4 rings (SSSR count). The maximum absolute atomic E-state index is 12.9. The molecule has 3 aromatic rings. The highest BCUT2D eigenvalue weighted by Crippen LogP contribution is 2.47. The van der Waals surface area contributed by atoms with Gasteiger partial charge in [0, 0.05) is 11.9 Å². The lowest BCUT2D eigenvalue weighted by Crippen LogP contribution is -2.11. The molecule has 1 saturated carbocycles. The third-order valence-electron chi connectivity index (χ3n) is 4.28. The van der Waals surface area contributed by atoms with Crippen molar-refractivity contribution < 1.29 is 13.2 Å². The zero-order chi connectivity index (χ0) is 20.6. The quantitative estimate of drug-likeness (QED) is 0.677. The number of aromatic nitrogens is 6. The largest absolute Gasteiger partial charge is 0.434 e. The molecule has 1 fully saturated rings. The van der Waals surface area contributed by atoms with Gasteiger partial charge in [0.15, 0.2) is 11.5 Å². The van der Waals surface area contributed by atoms with E-state index in [2.05, 4.69) is 41.3 Å². The van der Waals surface area contributed by atoms with E-state index in [-0.39, 0.29) is 23.4 Å². The fourth-order valence-electron chi connectivity index (χ4n) is 2.62. The van der Waals surface area contributed by atoms with Crippen molar-refractivity contribution in [3.8, 4) is 17.6 Å². The van der Waals surface area contributed by atoms with Crippen LogP contribution >= 0.6 is 0 Å². The Morgan fingerprint density at radius 2 is 1.93 bits per heavy atom. The molecule has 146 valence electrons. The molecule has 0 aliphatic heterocycles. The highest BCUT2D eigenvalue weighted by Gasteiger charge is 2.46. The average molecular weight is 399 g/mol. The van der Waals surface area contributed by atoms with E-state index in [0.29, 0.717) is 17.6 Å². The molecule has 0 atom stereocenters. The summed E-state index contributed by atoms with van der Waals surface area (Å²) in [6.45, 7) is 0. The van der Waals surface area contributed by atoms with Gasteiger partial charge in [0.25, 0.3) is 0 Å². The molecule has 29 heavy (non-hydrogen) atoms. The number of nitrogens with two attached hydrogens (primary N) is 1. The van der Waals surface area contributed by atoms with Crippen molar-refractivity contribution in [3.63, 3.8) is 0 Å². The first kappa shape index (κ1) is 18.5. The predicted octanol–water partition coefficient (Wildman–Crippen LogP) is 2.62. The lowest BCUT2D eigenvalue weighted by atomic mass is 10.0. The van der Waals surface area contributed by atoms with Crippen molar-refractivity contribution in [1.82, 2.24) is 29.9 Å². The number of nitriles is 1. The van der Waals surface area contributed by atoms with Crippen LogP contribution < -0.4 is 11.1 Å². The van der Waals surface area contributed by atoms with Crippen molar-refractivity contribution in [3.05, 3.63) is 42.1 Å². The molecule has 1 aliphatic rings. The Hall–Kier alpha value is -3.88. The second kappa shape index (κ2) is 6.62. The molecule has 0 radical (unpaired) electrons. The highest BCUT2D eigenvalue weighted by atomic mass is 19.4. The standard InChI is InChI=1S/C17H12F3N9/c18-17(19,20)12-7-23-6-10(26-12)13-27-14(22)29-15(28-13)25-9-1-4-24-11(5-9)16(8-21)2-3-16/h1,4-7H,2-3H2,(H3,22,24,25,27,28,29). The Balaban J connectivity index is 1.65. The lowest BCUT2D eigenvalue weighted by molar-refractivity contribution is -0.141. The Morgan fingerprint density at radius 3 is 2.62 bits per heavy atom.